The first-order valence-corrected chi connectivity index (χ1v) is 11.0. The molecule has 1 saturated heterocycles. The van der Waals surface area contributed by atoms with Crippen LogP contribution < -0.4 is 10.2 Å². The Labute approximate surface area is 173 Å². The first-order chi connectivity index (χ1) is 13.7. The predicted molar refractivity (Wildman–Crippen MR) is 114 cm³/mol. The Hall–Kier alpha value is -2.15. The van der Waals surface area contributed by atoms with Crippen LogP contribution in [0.15, 0.2) is 47.8 Å². The maximum atomic E-state index is 12.9. The lowest BCUT2D eigenvalue weighted by Gasteiger charge is -2.23. The molecule has 2 N–H and O–H groups in total. The van der Waals surface area contributed by atoms with Crippen molar-refractivity contribution in [2.45, 2.75) is 19.3 Å². The van der Waals surface area contributed by atoms with Crippen molar-refractivity contribution >= 4 is 28.8 Å². The number of likely N-dealkylation sites (tertiary alicyclic amines) is 1. The van der Waals surface area contributed by atoms with Crippen LogP contribution in [0.5, 0.6) is 0 Å². The van der Waals surface area contributed by atoms with E-state index in [0.717, 1.165) is 22.8 Å². The van der Waals surface area contributed by atoms with Crippen LogP contribution in [-0.2, 0) is 0 Å². The molecule has 0 aliphatic carbocycles. The van der Waals surface area contributed by atoms with Gasteiger partial charge in [0, 0.05) is 5.02 Å². The first kappa shape index (κ1) is 19.2. The van der Waals surface area contributed by atoms with E-state index in [4.69, 9.17) is 11.6 Å². The molecular formula is C21H24ClN4OS+. The molecule has 0 spiro atoms. The van der Waals surface area contributed by atoms with Crippen LogP contribution in [0.25, 0.3) is 16.3 Å². The molecule has 1 amide bonds. The van der Waals surface area contributed by atoms with E-state index < -0.39 is 0 Å². The van der Waals surface area contributed by atoms with E-state index in [9.17, 15) is 4.79 Å². The molecule has 1 fully saturated rings. The Kier molecular flexibility index (Phi) is 6.10. The average molecular weight is 416 g/mol. The second-order valence-electron chi connectivity index (χ2n) is 7.10. The summed E-state index contributed by atoms with van der Waals surface area (Å²) in [5.41, 5.74) is 2.16. The second kappa shape index (κ2) is 8.90. The molecule has 0 unspecified atom stereocenters. The topological polar surface area (TPSA) is 51.4 Å². The largest absolute Gasteiger partial charge is 0.345 e. The molecule has 7 heteroatoms. The zero-order valence-electron chi connectivity index (χ0n) is 15.7. The molecule has 0 atom stereocenters. The van der Waals surface area contributed by atoms with Crippen molar-refractivity contribution < 1.29 is 9.69 Å². The van der Waals surface area contributed by atoms with Gasteiger partial charge in [-0.3, -0.25) is 4.79 Å². The zero-order valence-corrected chi connectivity index (χ0v) is 17.2. The molecule has 5 nitrogen and oxygen atoms in total. The van der Waals surface area contributed by atoms with Gasteiger partial charge in [0.15, 0.2) is 0 Å². The van der Waals surface area contributed by atoms with Gasteiger partial charge in [0.05, 0.1) is 36.7 Å². The number of nitrogens with zero attached hydrogens (tertiary/aromatic N) is 2. The molecule has 1 aliphatic rings. The molecule has 0 saturated carbocycles. The fourth-order valence-corrected chi connectivity index (χ4v) is 4.42. The number of thiophene rings is 1. The normalized spacial score (nSPS) is 14.9. The Morgan fingerprint density at radius 1 is 1.18 bits per heavy atom. The number of aromatic nitrogens is 2. The molecular weight excluding hydrogens is 392 g/mol. The third-order valence-electron chi connectivity index (χ3n) is 5.11. The van der Waals surface area contributed by atoms with Crippen molar-refractivity contribution in [3.05, 3.63) is 58.6 Å². The SMILES string of the molecule is O=C(NCC[NH+]1CCCCC1)c1cc(-c2cccs2)nn1-c1ccc(Cl)cc1. The number of halogens is 1. The lowest BCUT2D eigenvalue weighted by atomic mass is 10.1. The summed E-state index contributed by atoms with van der Waals surface area (Å²) in [5, 5.41) is 10.4. The van der Waals surface area contributed by atoms with E-state index in [0.29, 0.717) is 17.3 Å². The van der Waals surface area contributed by atoms with Crippen LogP contribution in [0.2, 0.25) is 5.02 Å². The van der Waals surface area contributed by atoms with Gasteiger partial charge < -0.3 is 10.2 Å². The van der Waals surface area contributed by atoms with Crippen molar-refractivity contribution in [3.63, 3.8) is 0 Å². The highest BCUT2D eigenvalue weighted by Crippen LogP contribution is 2.26. The Morgan fingerprint density at radius 3 is 2.68 bits per heavy atom. The summed E-state index contributed by atoms with van der Waals surface area (Å²) in [6.45, 7) is 4.06. The van der Waals surface area contributed by atoms with Gasteiger partial charge in [0.2, 0.25) is 0 Å². The minimum Gasteiger partial charge on any atom is -0.345 e. The van der Waals surface area contributed by atoms with Crippen molar-refractivity contribution in [1.82, 2.24) is 15.1 Å². The standard InChI is InChI=1S/C21H23ClN4OS/c22-16-6-8-17(9-7-16)26-19(15-18(24-26)20-5-4-14-28-20)21(27)23-10-13-25-11-2-1-3-12-25/h4-9,14-15H,1-3,10-13H2,(H,23,27)/p+1. The molecule has 0 bridgehead atoms. The van der Waals surface area contributed by atoms with E-state index in [-0.39, 0.29) is 5.91 Å². The quantitative estimate of drug-likeness (QED) is 0.650. The second-order valence-corrected chi connectivity index (χ2v) is 8.48. The van der Waals surface area contributed by atoms with Gasteiger partial charge in [0.25, 0.3) is 5.91 Å². The highest BCUT2D eigenvalue weighted by molar-refractivity contribution is 7.13. The van der Waals surface area contributed by atoms with Crippen LogP contribution in [-0.4, -0.2) is 41.9 Å². The smallest absolute Gasteiger partial charge is 0.270 e. The van der Waals surface area contributed by atoms with Crippen LogP contribution in [0.3, 0.4) is 0 Å². The Bertz CT molecular complexity index is 915. The Balaban J connectivity index is 1.53. The highest BCUT2D eigenvalue weighted by Gasteiger charge is 2.19. The zero-order chi connectivity index (χ0) is 19.3. The number of hydrogen-bond acceptors (Lipinski definition) is 3. The summed E-state index contributed by atoms with van der Waals surface area (Å²) in [6.07, 6.45) is 3.91. The van der Waals surface area contributed by atoms with Crippen LogP contribution in [0.4, 0.5) is 0 Å². The lowest BCUT2D eigenvalue weighted by Crippen LogP contribution is -3.13. The molecule has 2 aromatic heterocycles. The number of quaternary nitrogens is 1. The van der Waals surface area contributed by atoms with E-state index in [1.165, 1.54) is 32.4 Å². The van der Waals surface area contributed by atoms with Gasteiger partial charge in [-0.2, -0.15) is 5.10 Å². The molecule has 4 rings (SSSR count). The van der Waals surface area contributed by atoms with Gasteiger partial charge in [0.1, 0.15) is 11.4 Å². The van der Waals surface area contributed by atoms with E-state index in [2.05, 4.69) is 10.4 Å². The fourth-order valence-electron chi connectivity index (χ4n) is 3.61. The summed E-state index contributed by atoms with van der Waals surface area (Å²) < 4.78 is 1.70. The molecule has 1 aliphatic heterocycles. The number of carbonyl (C=O) groups is 1. The molecule has 1 aromatic carbocycles. The highest BCUT2D eigenvalue weighted by atomic mass is 35.5. The minimum atomic E-state index is -0.0957. The average Bonchev–Trinajstić information content (AvgIpc) is 3.39. The van der Waals surface area contributed by atoms with Crippen molar-refractivity contribution in [2.24, 2.45) is 0 Å². The van der Waals surface area contributed by atoms with Gasteiger partial charge in [-0.05, 0) is 61.0 Å². The third-order valence-corrected chi connectivity index (χ3v) is 6.26. The maximum absolute atomic E-state index is 12.9. The summed E-state index contributed by atoms with van der Waals surface area (Å²) in [6, 6.07) is 13.2. The lowest BCUT2D eigenvalue weighted by molar-refractivity contribution is -0.903. The number of nitrogens with one attached hydrogen (secondary N) is 2. The molecule has 146 valence electrons. The van der Waals surface area contributed by atoms with E-state index in [1.54, 1.807) is 20.9 Å². The summed E-state index contributed by atoms with van der Waals surface area (Å²) in [4.78, 5) is 15.5. The number of hydrogen-bond donors (Lipinski definition) is 2. The van der Waals surface area contributed by atoms with Crippen molar-refractivity contribution in [3.8, 4) is 16.3 Å². The monoisotopic (exact) mass is 415 g/mol. The number of benzene rings is 1. The molecule has 3 aromatic rings. The van der Waals surface area contributed by atoms with Crippen molar-refractivity contribution in [1.29, 1.82) is 0 Å². The van der Waals surface area contributed by atoms with E-state index >= 15 is 0 Å². The van der Waals surface area contributed by atoms with Crippen LogP contribution >= 0.6 is 22.9 Å². The molecule has 28 heavy (non-hydrogen) atoms. The van der Waals surface area contributed by atoms with Gasteiger partial charge >= 0.3 is 0 Å². The van der Waals surface area contributed by atoms with E-state index in [1.807, 2.05) is 47.8 Å². The number of amides is 1. The predicted octanol–water partition coefficient (Wildman–Crippen LogP) is 3.05. The number of rotatable bonds is 6. The minimum absolute atomic E-state index is 0.0957. The third kappa shape index (κ3) is 4.46. The summed E-state index contributed by atoms with van der Waals surface area (Å²) in [5.74, 6) is -0.0957. The number of carbonyl (C=O) groups excluding carboxylic acids is 1. The van der Waals surface area contributed by atoms with Gasteiger partial charge in [-0.1, -0.05) is 17.7 Å². The summed E-state index contributed by atoms with van der Waals surface area (Å²) in [7, 11) is 0. The molecule has 0 radical (unpaired) electrons. The first-order valence-electron chi connectivity index (χ1n) is 9.72. The Morgan fingerprint density at radius 2 is 1.96 bits per heavy atom. The van der Waals surface area contributed by atoms with Gasteiger partial charge in [-0.15, -0.1) is 11.3 Å². The maximum Gasteiger partial charge on any atom is 0.270 e. The van der Waals surface area contributed by atoms with Gasteiger partial charge in [-0.25, -0.2) is 4.68 Å². The molecule has 3 heterocycles. The fraction of sp³-hybridized carbons (Fsp3) is 0.333. The van der Waals surface area contributed by atoms with Crippen LogP contribution in [0.1, 0.15) is 29.8 Å². The summed E-state index contributed by atoms with van der Waals surface area (Å²) >= 11 is 7.63. The number of piperidine rings is 1. The van der Waals surface area contributed by atoms with Crippen molar-refractivity contribution in [2.75, 3.05) is 26.2 Å². The van der Waals surface area contributed by atoms with Crippen LogP contribution in [0, 0.1) is 0 Å².